The van der Waals surface area contributed by atoms with Gasteiger partial charge >= 0.3 is 5.97 Å². The van der Waals surface area contributed by atoms with Gasteiger partial charge in [-0.05, 0) is 18.2 Å². The van der Waals surface area contributed by atoms with Crippen LogP contribution in [0.25, 0.3) is 0 Å². The molecule has 1 heterocycles. The van der Waals surface area contributed by atoms with Crippen LogP contribution in [0.4, 0.5) is 5.69 Å². The minimum Gasteiger partial charge on any atom is -0.478 e. The normalized spacial score (nSPS) is 19.0. The Balaban J connectivity index is 2.25. The minimum atomic E-state index is -3.66. The third kappa shape index (κ3) is 3.72. The Hall–Kier alpha value is -1.64. The van der Waals surface area contributed by atoms with Crippen molar-refractivity contribution >= 4 is 39.2 Å². The number of halogens is 1. The highest BCUT2D eigenvalue weighted by atomic mass is 35.5. The van der Waals surface area contributed by atoms with Crippen LogP contribution >= 0.6 is 11.6 Å². The van der Waals surface area contributed by atoms with Gasteiger partial charge in [-0.1, -0.05) is 11.6 Å². The number of nitrogens with two attached hydrogens (primary N) is 1. The molecule has 9 heteroatoms. The van der Waals surface area contributed by atoms with Gasteiger partial charge in [0.1, 0.15) is 0 Å². The summed E-state index contributed by atoms with van der Waals surface area (Å²) in [6, 6.07) is 4.20. The van der Waals surface area contributed by atoms with E-state index in [1.807, 2.05) is 0 Å². The van der Waals surface area contributed by atoms with Gasteiger partial charge in [-0.2, -0.15) is 0 Å². The molecule has 0 aliphatic carbocycles. The molecule has 3 N–H and O–H groups in total. The second kappa shape index (κ2) is 5.63. The first-order chi connectivity index (χ1) is 9.67. The zero-order chi connectivity index (χ0) is 15.8. The van der Waals surface area contributed by atoms with Crippen LogP contribution in [0.1, 0.15) is 16.8 Å². The molecule has 1 amide bonds. The zero-order valence-electron chi connectivity index (χ0n) is 10.8. The van der Waals surface area contributed by atoms with Crippen molar-refractivity contribution in [3.63, 3.8) is 0 Å². The van der Waals surface area contributed by atoms with Crippen LogP contribution in [-0.2, 0) is 14.8 Å². The minimum absolute atomic E-state index is 0.0570. The van der Waals surface area contributed by atoms with Crippen LogP contribution in [0.3, 0.4) is 0 Å². The van der Waals surface area contributed by atoms with Crippen LogP contribution < -0.4 is 10.0 Å². The maximum Gasteiger partial charge on any atom is 0.337 e. The van der Waals surface area contributed by atoms with E-state index in [4.69, 9.17) is 21.8 Å². The number of amides is 1. The molecule has 7 nitrogen and oxygen atoms in total. The number of nitrogens with zero attached hydrogens (tertiary/aromatic N) is 1. The largest absolute Gasteiger partial charge is 0.478 e. The molecule has 21 heavy (non-hydrogen) atoms. The molecule has 1 aliphatic rings. The first-order valence-electron chi connectivity index (χ1n) is 6.01. The van der Waals surface area contributed by atoms with E-state index in [0.717, 1.165) is 0 Å². The van der Waals surface area contributed by atoms with Gasteiger partial charge < -0.3 is 10.0 Å². The summed E-state index contributed by atoms with van der Waals surface area (Å²) in [7, 11) is -3.66. The van der Waals surface area contributed by atoms with Crippen molar-refractivity contribution in [1.82, 2.24) is 0 Å². The summed E-state index contributed by atoms with van der Waals surface area (Å²) in [5.74, 6) is -2.16. The molecular weight excluding hydrogens is 320 g/mol. The van der Waals surface area contributed by atoms with E-state index < -0.39 is 21.9 Å². The van der Waals surface area contributed by atoms with Crippen molar-refractivity contribution in [3.05, 3.63) is 28.8 Å². The quantitative estimate of drug-likeness (QED) is 0.840. The number of primary sulfonamides is 1. The lowest BCUT2D eigenvalue weighted by Crippen LogP contribution is -2.27. The first-order valence-corrected chi connectivity index (χ1v) is 8.10. The summed E-state index contributed by atoms with van der Waals surface area (Å²) in [6.07, 6.45) is 0.0570. The number of hydrogen-bond acceptors (Lipinski definition) is 4. The maximum absolute atomic E-state index is 11.9. The number of carbonyl (C=O) groups excluding carboxylic acids is 1. The van der Waals surface area contributed by atoms with E-state index in [2.05, 4.69) is 0 Å². The fraction of sp³-hybridized carbons (Fsp3) is 0.333. The summed E-state index contributed by atoms with van der Waals surface area (Å²) in [5.41, 5.74) is 0.260. The Morgan fingerprint density at radius 2 is 2.14 bits per heavy atom. The summed E-state index contributed by atoms with van der Waals surface area (Å²) >= 11 is 5.77. The third-order valence-corrected chi connectivity index (χ3v) is 4.43. The number of hydrogen-bond donors (Lipinski definition) is 2. The van der Waals surface area contributed by atoms with Gasteiger partial charge in [0, 0.05) is 24.6 Å². The van der Waals surface area contributed by atoms with Crippen molar-refractivity contribution < 1.29 is 23.1 Å². The molecule has 1 saturated heterocycles. The van der Waals surface area contributed by atoms with Crippen LogP contribution in [0, 0.1) is 5.92 Å². The van der Waals surface area contributed by atoms with Crippen molar-refractivity contribution in [1.29, 1.82) is 0 Å². The maximum atomic E-state index is 11.9. The zero-order valence-corrected chi connectivity index (χ0v) is 12.4. The number of aromatic carboxylic acids is 1. The molecule has 0 bridgehead atoms. The van der Waals surface area contributed by atoms with Crippen molar-refractivity contribution in [2.45, 2.75) is 6.42 Å². The summed E-state index contributed by atoms with van der Waals surface area (Å²) in [5, 5.41) is 14.1. The highest BCUT2D eigenvalue weighted by Crippen LogP contribution is 2.29. The second-order valence-corrected chi connectivity index (χ2v) is 6.94. The van der Waals surface area contributed by atoms with Gasteiger partial charge in [-0.15, -0.1) is 0 Å². The average Bonchev–Trinajstić information content (AvgIpc) is 2.68. The van der Waals surface area contributed by atoms with Gasteiger partial charge in [0.15, 0.2) is 0 Å². The van der Waals surface area contributed by atoms with Gasteiger partial charge in [0.05, 0.1) is 16.3 Å². The number of anilines is 1. The standard InChI is InChI=1S/C12H13ClN2O5S/c13-10-2-1-8(4-9(10)12(17)18)15-5-7(3-11(15)16)6-21(14,19)20/h1-2,4,7H,3,5-6H2,(H,17,18)(H2,14,19,20). The first kappa shape index (κ1) is 15.7. The van der Waals surface area contributed by atoms with Crippen LogP contribution in [-0.4, -0.2) is 37.7 Å². The Morgan fingerprint density at radius 3 is 2.71 bits per heavy atom. The predicted molar refractivity (Wildman–Crippen MR) is 76.8 cm³/mol. The molecule has 1 fully saturated rings. The van der Waals surface area contributed by atoms with E-state index in [0.29, 0.717) is 5.69 Å². The summed E-state index contributed by atoms with van der Waals surface area (Å²) in [4.78, 5) is 24.3. The van der Waals surface area contributed by atoms with Gasteiger partial charge in [-0.3, -0.25) is 4.79 Å². The lowest BCUT2D eigenvalue weighted by molar-refractivity contribution is -0.117. The van der Waals surface area contributed by atoms with Gasteiger partial charge in [0.2, 0.25) is 15.9 Å². The lowest BCUT2D eigenvalue weighted by Gasteiger charge is -2.17. The summed E-state index contributed by atoms with van der Waals surface area (Å²) in [6.45, 7) is 0.177. The molecule has 2 rings (SSSR count). The fourth-order valence-corrected chi connectivity index (χ4v) is 3.40. The van der Waals surface area contributed by atoms with Crippen LogP contribution in [0.15, 0.2) is 18.2 Å². The number of carbonyl (C=O) groups is 2. The molecule has 1 aromatic rings. The Morgan fingerprint density at radius 1 is 1.48 bits per heavy atom. The number of carboxylic acids is 1. The predicted octanol–water partition coefficient (Wildman–Crippen LogP) is 0.680. The van der Waals surface area contributed by atoms with Crippen molar-refractivity contribution in [2.24, 2.45) is 11.1 Å². The molecule has 0 aromatic heterocycles. The molecule has 1 unspecified atom stereocenters. The molecule has 0 spiro atoms. The lowest BCUT2D eigenvalue weighted by atomic mass is 10.1. The van der Waals surface area contributed by atoms with E-state index in [-0.39, 0.29) is 35.2 Å². The Labute approximate surface area is 126 Å². The van der Waals surface area contributed by atoms with Gasteiger partial charge in [0.25, 0.3) is 0 Å². The summed E-state index contributed by atoms with van der Waals surface area (Å²) < 4.78 is 22.2. The number of carboxylic acid groups (broad SMARTS) is 1. The van der Waals surface area contributed by atoms with E-state index >= 15 is 0 Å². The topological polar surface area (TPSA) is 118 Å². The molecular formula is C12H13ClN2O5S. The number of sulfonamides is 1. The van der Waals surface area contributed by atoms with E-state index in [1.165, 1.54) is 23.1 Å². The fourth-order valence-electron chi connectivity index (χ4n) is 2.32. The second-order valence-electron chi connectivity index (χ2n) is 4.87. The number of rotatable bonds is 4. The molecule has 1 atom stereocenters. The monoisotopic (exact) mass is 332 g/mol. The molecule has 114 valence electrons. The van der Waals surface area contributed by atoms with Crippen molar-refractivity contribution in [3.8, 4) is 0 Å². The average molecular weight is 333 g/mol. The molecule has 1 aromatic carbocycles. The SMILES string of the molecule is NS(=O)(=O)CC1CC(=O)N(c2ccc(Cl)c(C(=O)O)c2)C1. The Bertz CT molecular complexity index is 704. The Kier molecular flexibility index (Phi) is 4.22. The smallest absolute Gasteiger partial charge is 0.337 e. The number of benzene rings is 1. The van der Waals surface area contributed by atoms with E-state index in [9.17, 15) is 18.0 Å². The van der Waals surface area contributed by atoms with Crippen LogP contribution in [0.5, 0.6) is 0 Å². The highest BCUT2D eigenvalue weighted by molar-refractivity contribution is 7.89. The molecule has 0 radical (unpaired) electrons. The molecule has 1 aliphatic heterocycles. The molecule has 0 saturated carbocycles. The van der Waals surface area contributed by atoms with E-state index in [1.54, 1.807) is 0 Å². The van der Waals surface area contributed by atoms with Gasteiger partial charge in [-0.25, -0.2) is 18.4 Å². The third-order valence-electron chi connectivity index (χ3n) is 3.17. The van der Waals surface area contributed by atoms with Crippen LogP contribution in [0.2, 0.25) is 5.02 Å². The highest BCUT2D eigenvalue weighted by Gasteiger charge is 2.33. The van der Waals surface area contributed by atoms with Crippen molar-refractivity contribution in [2.75, 3.05) is 17.2 Å².